The number of aromatic amines is 1. The Morgan fingerprint density at radius 1 is 1.11 bits per heavy atom. The molecule has 5 nitrogen and oxygen atoms in total. The standard InChI is InChI=1S/C13H10N4O/c18-12(17-13-14-6-3-7-15-13)11-8-9-4-1-2-5-10(9)16-11/h1-8,16H,(H,14,15,17,18). The zero-order valence-electron chi connectivity index (χ0n) is 9.42. The number of carbonyl (C=O) groups is 1. The van der Waals surface area contributed by atoms with E-state index >= 15 is 0 Å². The summed E-state index contributed by atoms with van der Waals surface area (Å²) in [6.45, 7) is 0. The van der Waals surface area contributed by atoms with E-state index in [4.69, 9.17) is 0 Å². The van der Waals surface area contributed by atoms with Gasteiger partial charge in [0.2, 0.25) is 5.95 Å². The van der Waals surface area contributed by atoms with Crippen molar-refractivity contribution in [1.82, 2.24) is 15.0 Å². The molecule has 0 aliphatic heterocycles. The number of hydrogen-bond acceptors (Lipinski definition) is 3. The monoisotopic (exact) mass is 238 g/mol. The number of amides is 1. The van der Waals surface area contributed by atoms with Gasteiger partial charge in [0.05, 0.1) is 0 Å². The Hall–Kier alpha value is -2.69. The number of nitrogens with one attached hydrogen (secondary N) is 2. The lowest BCUT2D eigenvalue weighted by molar-refractivity contribution is 0.102. The van der Waals surface area contributed by atoms with E-state index < -0.39 is 0 Å². The maximum atomic E-state index is 12.0. The molecule has 0 saturated heterocycles. The summed E-state index contributed by atoms with van der Waals surface area (Å²) in [7, 11) is 0. The van der Waals surface area contributed by atoms with Crippen molar-refractivity contribution in [2.75, 3.05) is 5.32 Å². The summed E-state index contributed by atoms with van der Waals surface area (Å²) in [6.07, 6.45) is 3.15. The van der Waals surface area contributed by atoms with Gasteiger partial charge in [-0.25, -0.2) is 9.97 Å². The maximum absolute atomic E-state index is 12.0. The summed E-state index contributed by atoms with van der Waals surface area (Å²) in [5.41, 5.74) is 1.42. The molecule has 0 atom stereocenters. The zero-order valence-corrected chi connectivity index (χ0v) is 9.42. The molecule has 3 aromatic rings. The van der Waals surface area contributed by atoms with Crippen LogP contribution < -0.4 is 5.32 Å². The Bertz CT molecular complexity index is 657. The first-order valence-corrected chi connectivity index (χ1v) is 5.49. The Morgan fingerprint density at radius 3 is 2.67 bits per heavy atom. The molecular weight excluding hydrogens is 228 g/mol. The highest BCUT2D eigenvalue weighted by atomic mass is 16.2. The average molecular weight is 238 g/mol. The predicted molar refractivity (Wildman–Crippen MR) is 68.3 cm³/mol. The quantitative estimate of drug-likeness (QED) is 0.719. The molecule has 88 valence electrons. The average Bonchev–Trinajstić information content (AvgIpc) is 2.84. The number of hydrogen-bond donors (Lipinski definition) is 2. The van der Waals surface area contributed by atoms with Crippen LogP contribution in [0.5, 0.6) is 0 Å². The van der Waals surface area contributed by atoms with E-state index in [1.54, 1.807) is 24.5 Å². The van der Waals surface area contributed by atoms with Gasteiger partial charge in [0, 0.05) is 23.3 Å². The van der Waals surface area contributed by atoms with Crippen LogP contribution >= 0.6 is 0 Å². The lowest BCUT2D eigenvalue weighted by Gasteiger charge is -1.99. The first-order valence-electron chi connectivity index (χ1n) is 5.49. The SMILES string of the molecule is O=C(Nc1ncccn1)c1cc2ccccc2[nH]1. The van der Waals surface area contributed by atoms with Gasteiger partial charge in [-0.05, 0) is 18.2 Å². The number of anilines is 1. The molecule has 2 N–H and O–H groups in total. The molecule has 0 aliphatic rings. The van der Waals surface area contributed by atoms with E-state index in [9.17, 15) is 4.79 Å². The smallest absolute Gasteiger partial charge is 0.274 e. The fourth-order valence-corrected chi connectivity index (χ4v) is 1.73. The van der Waals surface area contributed by atoms with Crippen molar-refractivity contribution in [3.8, 4) is 0 Å². The van der Waals surface area contributed by atoms with Gasteiger partial charge in [0.15, 0.2) is 0 Å². The molecule has 0 saturated carbocycles. The van der Waals surface area contributed by atoms with Crippen molar-refractivity contribution in [3.63, 3.8) is 0 Å². The number of rotatable bonds is 2. The molecule has 3 rings (SSSR count). The molecular formula is C13H10N4O. The second-order valence-corrected chi connectivity index (χ2v) is 3.80. The Morgan fingerprint density at radius 2 is 1.89 bits per heavy atom. The van der Waals surface area contributed by atoms with E-state index in [0.29, 0.717) is 11.6 Å². The van der Waals surface area contributed by atoms with Gasteiger partial charge >= 0.3 is 0 Å². The van der Waals surface area contributed by atoms with E-state index in [1.807, 2.05) is 24.3 Å². The first kappa shape index (κ1) is 10.5. The van der Waals surface area contributed by atoms with Crippen LogP contribution in [0.15, 0.2) is 48.8 Å². The molecule has 0 aliphatic carbocycles. The van der Waals surface area contributed by atoms with Crippen LogP contribution in [0, 0.1) is 0 Å². The number of fused-ring (bicyclic) bond motifs is 1. The van der Waals surface area contributed by atoms with Crippen LogP contribution in [0.25, 0.3) is 10.9 Å². The van der Waals surface area contributed by atoms with Gasteiger partial charge in [-0.3, -0.25) is 10.1 Å². The Kier molecular flexibility index (Phi) is 2.49. The lowest BCUT2D eigenvalue weighted by Crippen LogP contribution is -2.14. The number of benzene rings is 1. The van der Waals surface area contributed by atoms with Crippen LogP contribution in [-0.2, 0) is 0 Å². The molecule has 0 fully saturated rings. The number of para-hydroxylation sites is 1. The molecule has 1 aromatic carbocycles. The minimum Gasteiger partial charge on any atom is -0.351 e. The van der Waals surface area contributed by atoms with Crippen molar-refractivity contribution in [1.29, 1.82) is 0 Å². The Balaban J connectivity index is 1.88. The predicted octanol–water partition coefficient (Wildman–Crippen LogP) is 2.21. The topological polar surface area (TPSA) is 70.7 Å². The molecule has 2 heterocycles. The second-order valence-electron chi connectivity index (χ2n) is 3.80. The normalized spacial score (nSPS) is 10.4. The summed E-state index contributed by atoms with van der Waals surface area (Å²) in [5, 5.41) is 3.62. The molecule has 1 amide bonds. The molecule has 0 radical (unpaired) electrons. The molecule has 2 aromatic heterocycles. The van der Waals surface area contributed by atoms with Gasteiger partial charge in [-0.1, -0.05) is 18.2 Å². The highest BCUT2D eigenvalue weighted by Gasteiger charge is 2.10. The zero-order chi connectivity index (χ0) is 12.4. The minimum atomic E-state index is -0.252. The van der Waals surface area contributed by atoms with Crippen LogP contribution in [0.2, 0.25) is 0 Å². The lowest BCUT2D eigenvalue weighted by atomic mass is 10.2. The number of nitrogens with zero attached hydrogens (tertiary/aromatic N) is 2. The van der Waals surface area contributed by atoms with E-state index in [2.05, 4.69) is 20.3 Å². The van der Waals surface area contributed by atoms with E-state index in [-0.39, 0.29) is 5.91 Å². The summed E-state index contributed by atoms with van der Waals surface area (Å²) < 4.78 is 0. The third kappa shape index (κ3) is 1.93. The molecule has 0 bridgehead atoms. The number of aromatic nitrogens is 3. The van der Waals surface area contributed by atoms with Gasteiger partial charge in [0.1, 0.15) is 5.69 Å². The Labute approximate surface area is 103 Å². The fraction of sp³-hybridized carbons (Fsp3) is 0. The summed E-state index contributed by atoms with van der Waals surface area (Å²) in [6, 6.07) is 11.2. The summed E-state index contributed by atoms with van der Waals surface area (Å²) >= 11 is 0. The highest BCUT2D eigenvalue weighted by Crippen LogP contribution is 2.15. The van der Waals surface area contributed by atoms with Gasteiger partial charge in [0.25, 0.3) is 5.91 Å². The fourth-order valence-electron chi connectivity index (χ4n) is 1.73. The third-order valence-corrected chi connectivity index (χ3v) is 2.57. The summed E-state index contributed by atoms with van der Waals surface area (Å²) in [5.74, 6) is 0.0403. The molecule has 0 spiro atoms. The third-order valence-electron chi connectivity index (χ3n) is 2.57. The molecule has 18 heavy (non-hydrogen) atoms. The number of carbonyl (C=O) groups excluding carboxylic acids is 1. The highest BCUT2D eigenvalue weighted by molar-refractivity contribution is 6.05. The largest absolute Gasteiger partial charge is 0.351 e. The van der Waals surface area contributed by atoms with Gasteiger partial charge in [-0.2, -0.15) is 0 Å². The molecule has 0 unspecified atom stereocenters. The van der Waals surface area contributed by atoms with Crippen LogP contribution in [0.4, 0.5) is 5.95 Å². The number of H-pyrrole nitrogens is 1. The van der Waals surface area contributed by atoms with Crippen LogP contribution in [-0.4, -0.2) is 20.9 Å². The minimum absolute atomic E-state index is 0.252. The van der Waals surface area contributed by atoms with Gasteiger partial charge < -0.3 is 4.98 Å². The van der Waals surface area contributed by atoms with Crippen molar-refractivity contribution in [3.05, 3.63) is 54.5 Å². The van der Waals surface area contributed by atoms with Crippen molar-refractivity contribution >= 4 is 22.8 Å². The van der Waals surface area contributed by atoms with Crippen molar-refractivity contribution in [2.24, 2.45) is 0 Å². The van der Waals surface area contributed by atoms with Gasteiger partial charge in [-0.15, -0.1) is 0 Å². The summed E-state index contributed by atoms with van der Waals surface area (Å²) in [4.78, 5) is 22.9. The van der Waals surface area contributed by atoms with Crippen molar-refractivity contribution in [2.45, 2.75) is 0 Å². The van der Waals surface area contributed by atoms with Crippen LogP contribution in [0.3, 0.4) is 0 Å². The van der Waals surface area contributed by atoms with Crippen LogP contribution in [0.1, 0.15) is 10.5 Å². The van der Waals surface area contributed by atoms with E-state index in [1.165, 1.54) is 0 Å². The first-order chi connectivity index (χ1) is 8.83. The second kappa shape index (κ2) is 4.29. The van der Waals surface area contributed by atoms with E-state index in [0.717, 1.165) is 10.9 Å². The molecule has 5 heteroatoms. The maximum Gasteiger partial charge on any atom is 0.274 e. The van der Waals surface area contributed by atoms with Crippen molar-refractivity contribution < 1.29 is 4.79 Å².